The Morgan fingerprint density at radius 3 is 2.50 bits per heavy atom. The normalized spacial score (nSPS) is 9.96. The molecule has 0 spiro atoms. The highest BCUT2D eigenvalue weighted by atomic mass is 16.5. The highest BCUT2D eigenvalue weighted by Gasteiger charge is 2.08. The van der Waals surface area contributed by atoms with E-state index in [0.29, 0.717) is 18.0 Å². The van der Waals surface area contributed by atoms with Gasteiger partial charge in [-0.25, -0.2) is 0 Å². The van der Waals surface area contributed by atoms with E-state index in [1.807, 2.05) is 66.7 Å². The van der Waals surface area contributed by atoms with Crippen LogP contribution >= 0.6 is 0 Å². The molecule has 0 unspecified atom stereocenters. The number of amides is 1. The van der Waals surface area contributed by atoms with Crippen LogP contribution in [0.25, 0.3) is 0 Å². The van der Waals surface area contributed by atoms with Crippen molar-refractivity contribution in [1.29, 1.82) is 5.26 Å². The van der Waals surface area contributed by atoms with Crippen LogP contribution in [-0.4, -0.2) is 12.5 Å². The summed E-state index contributed by atoms with van der Waals surface area (Å²) in [6.45, 7) is 0.348. The maximum absolute atomic E-state index is 12.3. The number of carbonyl (C=O) groups is 1. The number of rotatable bonds is 8. The monoisotopic (exact) mass is 372 g/mol. The quantitative estimate of drug-likeness (QED) is 0.642. The summed E-state index contributed by atoms with van der Waals surface area (Å²) in [5.41, 5.74) is 1.72. The van der Waals surface area contributed by atoms with Gasteiger partial charge in [0.2, 0.25) is 5.91 Å². The number of benzene rings is 3. The first-order chi connectivity index (χ1) is 13.7. The number of hydrogen-bond donors (Lipinski definition) is 1. The van der Waals surface area contributed by atoms with E-state index in [9.17, 15) is 4.79 Å². The van der Waals surface area contributed by atoms with Crippen molar-refractivity contribution >= 4 is 5.91 Å². The molecule has 0 aliphatic carbocycles. The van der Waals surface area contributed by atoms with Gasteiger partial charge < -0.3 is 14.8 Å². The van der Waals surface area contributed by atoms with Crippen molar-refractivity contribution in [3.05, 3.63) is 90.0 Å². The highest BCUT2D eigenvalue weighted by Crippen LogP contribution is 2.25. The molecule has 0 radical (unpaired) electrons. The minimum absolute atomic E-state index is 0.0200. The molecule has 0 saturated carbocycles. The number of hydrogen-bond acceptors (Lipinski definition) is 4. The molecule has 140 valence electrons. The van der Waals surface area contributed by atoms with Gasteiger partial charge in [0.1, 0.15) is 23.3 Å². The number of para-hydroxylation sites is 2. The predicted molar refractivity (Wildman–Crippen MR) is 106 cm³/mol. The Labute approximate surface area is 164 Å². The summed E-state index contributed by atoms with van der Waals surface area (Å²) in [5.74, 6) is 1.93. The molecule has 0 atom stereocenters. The third-order valence-electron chi connectivity index (χ3n) is 3.99. The molecule has 5 heteroatoms. The molecule has 0 heterocycles. The fourth-order valence-electron chi connectivity index (χ4n) is 2.67. The SMILES string of the molecule is N#CCOc1cccc(CC(=O)NCc2ccccc2Oc2ccccc2)c1. The van der Waals surface area contributed by atoms with Gasteiger partial charge in [0.05, 0.1) is 6.42 Å². The molecule has 0 aliphatic heterocycles. The van der Waals surface area contributed by atoms with Gasteiger partial charge in [-0.3, -0.25) is 4.79 Å². The molecule has 1 N–H and O–H groups in total. The van der Waals surface area contributed by atoms with Gasteiger partial charge in [0.15, 0.2) is 6.61 Å². The summed E-state index contributed by atoms with van der Waals surface area (Å²) < 4.78 is 11.2. The van der Waals surface area contributed by atoms with Crippen LogP contribution in [0.1, 0.15) is 11.1 Å². The first kappa shape index (κ1) is 19.0. The summed E-state index contributed by atoms with van der Waals surface area (Å²) in [7, 11) is 0. The third-order valence-corrected chi connectivity index (χ3v) is 3.99. The molecule has 3 rings (SSSR count). The zero-order valence-electron chi connectivity index (χ0n) is 15.3. The lowest BCUT2D eigenvalue weighted by molar-refractivity contribution is -0.120. The van der Waals surface area contributed by atoms with Gasteiger partial charge in [-0.05, 0) is 35.9 Å². The summed E-state index contributed by atoms with van der Waals surface area (Å²) >= 11 is 0. The maximum Gasteiger partial charge on any atom is 0.224 e. The van der Waals surface area contributed by atoms with Gasteiger partial charge in [0.25, 0.3) is 0 Å². The van der Waals surface area contributed by atoms with Crippen molar-refractivity contribution in [2.45, 2.75) is 13.0 Å². The van der Waals surface area contributed by atoms with Gasteiger partial charge in [0, 0.05) is 12.1 Å². The van der Waals surface area contributed by atoms with Crippen molar-refractivity contribution in [2.24, 2.45) is 0 Å². The van der Waals surface area contributed by atoms with Crippen molar-refractivity contribution in [3.63, 3.8) is 0 Å². The largest absolute Gasteiger partial charge is 0.479 e. The lowest BCUT2D eigenvalue weighted by Crippen LogP contribution is -2.24. The zero-order chi connectivity index (χ0) is 19.6. The Morgan fingerprint density at radius 2 is 1.68 bits per heavy atom. The molecule has 0 bridgehead atoms. The Bertz CT molecular complexity index is 965. The second-order valence-corrected chi connectivity index (χ2v) is 6.07. The number of nitriles is 1. The van der Waals surface area contributed by atoms with Crippen LogP contribution in [0.5, 0.6) is 17.2 Å². The fraction of sp³-hybridized carbons (Fsp3) is 0.130. The van der Waals surface area contributed by atoms with Gasteiger partial charge in [-0.2, -0.15) is 5.26 Å². The smallest absolute Gasteiger partial charge is 0.224 e. The first-order valence-corrected chi connectivity index (χ1v) is 8.91. The van der Waals surface area contributed by atoms with Gasteiger partial charge in [-0.1, -0.05) is 48.5 Å². The van der Waals surface area contributed by atoms with E-state index in [4.69, 9.17) is 14.7 Å². The summed E-state index contributed by atoms with van der Waals surface area (Å²) in [5, 5.41) is 11.5. The zero-order valence-corrected chi connectivity index (χ0v) is 15.3. The van der Waals surface area contributed by atoms with Crippen LogP contribution < -0.4 is 14.8 Å². The van der Waals surface area contributed by atoms with Crippen LogP contribution in [0.4, 0.5) is 0 Å². The molecule has 3 aromatic carbocycles. The van der Waals surface area contributed by atoms with Gasteiger partial charge >= 0.3 is 0 Å². The Morgan fingerprint density at radius 1 is 0.929 bits per heavy atom. The van der Waals surface area contributed by atoms with E-state index < -0.39 is 0 Å². The number of carbonyl (C=O) groups excluding carboxylic acids is 1. The predicted octanol–water partition coefficient (Wildman–Crippen LogP) is 4.24. The van der Waals surface area contributed by atoms with Crippen LogP contribution in [-0.2, 0) is 17.8 Å². The lowest BCUT2D eigenvalue weighted by Gasteiger charge is -2.12. The van der Waals surface area contributed by atoms with Crippen molar-refractivity contribution in [2.75, 3.05) is 6.61 Å². The number of nitrogens with zero attached hydrogens (tertiary/aromatic N) is 1. The number of ether oxygens (including phenoxy) is 2. The number of nitrogens with one attached hydrogen (secondary N) is 1. The summed E-state index contributed by atoms with van der Waals surface area (Å²) in [4.78, 5) is 12.3. The minimum Gasteiger partial charge on any atom is -0.479 e. The molecule has 1 amide bonds. The van der Waals surface area contributed by atoms with Gasteiger partial charge in [-0.15, -0.1) is 0 Å². The fourth-order valence-corrected chi connectivity index (χ4v) is 2.67. The Hall–Kier alpha value is -3.78. The van der Waals surface area contributed by atoms with Crippen molar-refractivity contribution in [3.8, 4) is 23.3 Å². The average Bonchev–Trinajstić information content (AvgIpc) is 2.73. The van der Waals surface area contributed by atoms with Crippen molar-refractivity contribution < 1.29 is 14.3 Å². The van der Waals surface area contributed by atoms with E-state index in [1.165, 1.54) is 0 Å². The molecule has 0 fully saturated rings. The first-order valence-electron chi connectivity index (χ1n) is 8.91. The topological polar surface area (TPSA) is 71.3 Å². The average molecular weight is 372 g/mol. The molecular weight excluding hydrogens is 352 g/mol. The molecule has 0 saturated heterocycles. The minimum atomic E-state index is -0.105. The third kappa shape index (κ3) is 5.61. The Balaban J connectivity index is 1.59. The molecule has 5 nitrogen and oxygen atoms in total. The molecule has 3 aromatic rings. The highest BCUT2D eigenvalue weighted by molar-refractivity contribution is 5.78. The van der Waals surface area contributed by atoms with E-state index in [0.717, 1.165) is 16.9 Å². The van der Waals surface area contributed by atoms with E-state index in [1.54, 1.807) is 18.2 Å². The standard InChI is InChI=1S/C23H20N2O3/c24-13-14-27-21-11-6-7-18(15-21)16-23(26)25-17-19-8-4-5-12-22(19)28-20-9-2-1-3-10-20/h1-12,15H,14,16-17H2,(H,25,26). The molecule has 28 heavy (non-hydrogen) atoms. The Kier molecular flexibility index (Phi) is 6.64. The van der Waals surface area contributed by atoms with Crippen LogP contribution in [0, 0.1) is 11.3 Å². The van der Waals surface area contributed by atoms with E-state index in [2.05, 4.69) is 5.32 Å². The van der Waals surface area contributed by atoms with Crippen LogP contribution in [0.15, 0.2) is 78.9 Å². The summed E-state index contributed by atoms with van der Waals surface area (Å²) in [6.07, 6.45) is 0.228. The summed E-state index contributed by atoms with van der Waals surface area (Å²) in [6, 6.07) is 26.2. The molecule has 0 aromatic heterocycles. The molecule has 0 aliphatic rings. The second-order valence-electron chi connectivity index (χ2n) is 6.07. The van der Waals surface area contributed by atoms with E-state index in [-0.39, 0.29) is 18.9 Å². The maximum atomic E-state index is 12.3. The van der Waals surface area contributed by atoms with Crippen LogP contribution in [0.3, 0.4) is 0 Å². The second kappa shape index (κ2) is 9.79. The van der Waals surface area contributed by atoms with E-state index >= 15 is 0 Å². The lowest BCUT2D eigenvalue weighted by atomic mass is 10.1. The van der Waals surface area contributed by atoms with Crippen molar-refractivity contribution in [1.82, 2.24) is 5.32 Å². The van der Waals surface area contributed by atoms with Crippen LogP contribution in [0.2, 0.25) is 0 Å². The molecular formula is C23H20N2O3.